The van der Waals surface area contributed by atoms with Crippen molar-refractivity contribution in [1.29, 1.82) is 0 Å². The minimum atomic E-state index is -0.194. The van der Waals surface area contributed by atoms with Gasteiger partial charge in [0.25, 0.3) is 5.91 Å². The van der Waals surface area contributed by atoms with Crippen molar-refractivity contribution in [2.24, 2.45) is 0 Å². The lowest BCUT2D eigenvalue weighted by Gasteiger charge is -2.24. The van der Waals surface area contributed by atoms with E-state index in [1.807, 2.05) is 37.4 Å². The van der Waals surface area contributed by atoms with E-state index in [4.69, 9.17) is 9.47 Å². The molecule has 3 aromatic rings. The molecule has 1 aliphatic rings. The summed E-state index contributed by atoms with van der Waals surface area (Å²) < 4.78 is 11.1. The lowest BCUT2D eigenvalue weighted by atomic mass is 9.92. The third kappa shape index (κ3) is 5.19. The highest BCUT2D eigenvalue weighted by atomic mass is 16.5. The number of ether oxygens (including phenoxy) is 2. The monoisotopic (exact) mass is 489 g/mol. The van der Waals surface area contributed by atoms with Crippen LogP contribution in [0.1, 0.15) is 39.7 Å². The van der Waals surface area contributed by atoms with Gasteiger partial charge < -0.3 is 25.1 Å². The number of hydrogen-bond acceptors (Lipinski definition) is 5. The van der Waals surface area contributed by atoms with Crippen LogP contribution in [0.5, 0.6) is 11.5 Å². The van der Waals surface area contributed by atoms with Crippen LogP contribution in [0.15, 0.2) is 55.1 Å². The molecule has 3 N–H and O–H groups in total. The first kappa shape index (κ1) is 24.8. The summed E-state index contributed by atoms with van der Waals surface area (Å²) in [6.07, 6.45) is 6.54. The molecule has 3 amide bonds. The fraction of sp³-hybridized carbons (Fsp3) is 0.296. The van der Waals surface area contributed by atoms with Gasteiger partial charge in [-0.05, 0) is 54.3 Å². The number of nitrogens with zero attached hydrogens (tertiary/aromatic N) is 2. The van der Waals surface area contributed by atoms with Crippen LogP contribution in [0, 0.1) is 0 Å². The third-order valence-corrected chi connectivity index (χ3v) is 6.30. The fourth-order valence-electron chi connectivity index (χ4n) is 4.35. The third-order valence-electron chi connectivity index (χ3n) is 6.30. The summed E-state index contributed by atoms with van der Waals surface area (Å²) >= 11 is 0. The minimum absolute atomic E-state index is 0.0841. The van der Waals surface area contributed by atoms with Crippen molar-refractivity contribution in [2.75, 3.05) is 27.8 Å². The Labute approximate surface area is 210 Å². The Bertz CT molecular complexity index is 1250. The SMILES string of the molecule is CNC(=O)N1C=C(c2ccc(C(=O)NCCc3cnc[nH]3)cc2)c2cc(OC)c(OC)cc2CC1C. The largest absolute Gasteiger partial charge is 0.493 e. The van der Waals surface area contributed by atoms with E-state index < -0.39 is 0 Å². The number of fused-ring (bicyclic) bond motifs is 1. The number of benzene rings is 2. The van der Waals surface area contributed by atoms with Crippen LogP contribution in [0.25, 0.3) is 5.57 Å². The topological polar surface area (TPSA) is 109 Å². The van der Waals surface area contributed by atoms with Crippen molar-refractivity contribution in [3.05, 3.63) is 83.1 Å². The molecule has 2 aromatic carbocycles. The lowest BCUT2D eigenvalue weighted by Crippen LogP contribution is -2.40. The molecule has 9 heteroatoms. The smallest absolute Gasteiger partial charge is 0.321 e. The molecule has 0 bridgehead atoms. The zero-order chi connectivity index (χ0) is 25.7. The Morgan fingerprint density at radius 1 is 1.14 bits per heavy atom. The highest BCUT2D eigenvalue weighted by Crippen LogP contribution is 2.39. The number of rotatable bonds is 7. The van der Waals surface area contributed by atoms with Crippen molar-refractivity contribution in [1.82, 2.24) is 25.5 Å². The second kappa shape index (κ2) is 11.0. The molecule has 1 aromatic heterocycles. The molecule has 9 nitrogen and oxygen atoms in total. The first-order chi connectivity index (χ1) is 17.4. The number of amides is 3. The van der Waals surface area contributed by atoms with Gasteiger partial charge in [-0.2, -0.15) is 0 Å². The molecule has 0 aliphatic carbocycles. The van der Waals surface area contributed by atoms with E-state index in [9.17, 15) is 9.59 Å². The van der Waals surface area contributed by atoms with Gasteiger partial charge in [-0.25, -0.2) is 9.78 Å². The molecular weight excluding hydrogens is 458 g/mol. The summed E-state index contributed by atoms with van der Waals surface area (Å²) in [7, 11) is 4.83. The molecule has 0 fully saturated rings. The second-order valence-electron chi connectivity index (χ2n) is 8.58. The maximum Gasteiger partial charge on any atom is 0.321 e. The fourth-order valence-corrected chi connectivity index (χ4v) is 4.35. The number of methoxy groups -OCH3 is 2. The number of imidazole rings is 1. The van der Waals surface area contributed by atoms with Gasteiger partial charge in [-0.15, -0.1) is 0 Å². The molecule has 1 unspecified atom stereocenters. The molecule has 2 heterocycles. The second-order valence-corrected chi connectivity index (χ2v) is 8.58. The molecule has 1 aliphatic heterocycles. The van der Waals surface area contributed by atoms with Crippen molar-refractivity contribution >= 4 is 17.5 Å². The van der Waals surface area contributed by atoms with E-state index in [1.165, 1.54) is 0 Å². The number of aromatic nitrogens is 2. The van der Waals surface area contributed by atoms with Gasteiger partial charge >= 0.3 is 6.03 Å². The molecule has 1 atom stereocenters. The Morgan fingerprint density at radius 3 is 2.50 bits per heavy atom. The van der Waals surface area contributed by atoms with Gasteiger partial charge in [0.05, 0.1) is 20.5 Å². The molecule has 4 rings (SSSR count). The molecular formula is C27H31N5O4. The Hall–Kier alpha value is -4.27. The molecule has 0 saturated heterocycles. The summed E-state index contributed by atoms with van der Waals surface area (Å²) in [6, 6.07) is 11.0. The minimum Gasteiger partial charge on any atom is -0.493 e. The average Bonchev–Trinajstić information content (AvgIpc) is 3.37. The number of hydrogen-bond donors (Lipinski definition) is 3. The van der Waals surface area contributed by atoms with Crippen molar-refractivity contribution in [3.8, 4) is 11.5 Å². The van der Waals surface area contributed by atoms with Crippen LogP contribution in [0.4, 0.5) is 4.79 Å². The van der Waals surface area contributed by atoms with Crippen LogP contribution in [0.2, 0.25) is 0 Å². The van der Waals surface area contributed by atoms with E-state index in [-0.39, 0.29) is 18.0 Å². The van der Waals surface area contributed by atoms with E-state index in [1.54, 1.807) is 50.8 Å². The molecule has 0 saturated carbocycles. The highest BCUT2D eigenvalue weighted by molar-refractivity contribution is 5.95. The number of urea groups is 1. The average molecular weight is 490 g/mol. The molecule has 0 radical (unpaired) electrons. The summed E-state index contributed by atoms with van der Waals surface area (Å²) in [5.41, 5.74) is 5.24. The standard InChI is InChI=1S/C27H31N5O4/c1-17-11-20-12-24(35-3)25(36-4)13-22(20)23(15-32(17)27(34)28-2)18-5-7-19(8-6-18)26(33)30-10-9-21-14-29-16-31-21/h5-8,12-17H,9-11H2,1-4H3,(H,28,34)(H,29,31)(H,30,33). The van der Waals surface area contributed by atoms with Gasteiger partial charge in [0.15, 0.2) is 11.5 Å². The van der Waals surface area contributed by atoms with Crippen molar-refractivity contribution in [2.45, 2.75) is 25.8 Å². The number of aromatic amines is 1. The number of carbonyl (C=O) groups is 2. The van der Waals surface area contributed by atoms with Gasteiger partial charge in [0, 0.05) is 55.3 Å². The zero-order valence-electron chi connectivity index (χ0n) is 20.9. The number of nitrogens with one attached hydrogen (secondary N) is 3. The van der Waals surface area contributed by atoms with Gasteiger partial charge in [0.2, 0.25) is 0 Å². The number of H-pyrrole nitrogens is 1. The summed E-state index contributed by atoms with van der Waals surface area (Å²) in [5, 5.41) is 5.66. The number of carbonyl (C=O) groups excluding carboxylic acids is 2. The van der Waals surface area contributed by atoms with Gasteiger partial charge in [-0.1, -0.05) is 12.1 Å². The zero-order valence-corrected chi connectivity index (χ0v) is 20.9. The maximum absolute atomic E-state index is 12.7. The molecule has 188 valence electrons. The normalized spacial score (nSPS) is 14.8. The summed E-state index contributed by atoms with van der Waals surface area (Å²) in [4.78, 5) is 34.1. The highest BCUT2D eigenvalue weighted by Gasteiger charge is 2.27. The van der Waals surface area contributed by atoms with E-state index in [0.717, 1.165) is 28.0 Å². The van der Waals surface area contributed by atoms with E-state index in [0.29, 0.717) is 36.4 Å². The first-order valence-corrected chi connectivity index (χ1v) is 11.8. The van der Waals surface area contributed by atoms with E-state index in [2.05, 4.69) is 20.6 Å². The van der Waals surface area contributed by atoms with E-state index >= 15 is 0 Å². The quantitative estimate of drug-likeness (QED) is 0.472. The maximum atomic E-state index is 12.7. The Kier molecular flexibility index (Phi) is 7.58. The molecule has 36 heavy (non-hydrogen) atoms. The van der Waals surface area contributed by atoms with Crippen molar-refractivity contribution in [3.63, 3.8) is 0 Å². The van der Waals surface area contributed by atoms with Gasteiger partial charge in [0.1, 0.15) is 0 Å². The van der Waals surface area contributed by atoms with Crippen LogP contribution in [-0.4, -0.2) is 60.7 Å². The van der Waals surface area contributed by atoms with Crippen LogP contribution in [-0.2, 0) is 12.8 Å². The summed E-state index contributed by atoms with van der Waals surface area (Å²) in [6.45, 7) is 2.51. The van der Waals surface area contributed by atoms with Crippen LogP contribution >= 0.6 is 0 Å². The Morgan fingerprint density at radius 2 is 1.86 bits per heavy atom. The first-order valence-electron chi connectivity index (χ1n) is 11.8. The van der Waals surface area contributed by atoms with Gasteiger partial charge in [-0.3, -0.25) is 9.69 Å². The van der Waals surface area contributed by atoms with Crippen LogP contribution in [0.3, 0.4) is 0 Å². The predicted octanol–water partition coefficient (Wildman–Crippen LogP) is 3.37. The van der Waals surface area contributed by atoms with Crippen LogP contribution < -0.4 is 20.1 Å². The summed E-state index contributed by atoms with van der Waals surface area (Å²) in [5.74, 6) is 1.10. The Balaban J connectivity index is 1.65. The van der Waals surface area contributed by atoms with Crippen molar-refractivity contribution < 1.29 is 19.1 Å². The lowest BCUT2D eigenvalue weighted by molar-refractivity contribution is 0.0954. The molecule has 0 spiro atoms. The predicted molar refractivity (Wildman–Crippen MR) is 137 cm³/mol.